The number of hydrogen-bond acceptors (Lipinski definition) is 5. The summed E-state index contributed by atoms with van der Waals surface area (Å²) in [5, 5.41) is 11.1. The van der Waals surface area contributed by atoms with E-state index in [1.54, 1.807) is 42.0 Å². The Balaban J connectivity index is 1.77. The molecule has 24 heavy (non-hydrogen) atoms. The second kappa shape index (κ2) is 6.76. The third-order valence-corrected chi connectivity index (χ3v) is 3.56. The summed E-state index contributed by atoms with van der Waals surface area (Å²) in [5.74, 6) is 1.13. The van der Waals surface area contributed by atoms with Crippen molar-refractivity contribution in [2.75, 3.05) is 12.4 Å². The van der Waals surface area contributed by atoms with Crippen LogP contribution in [0.3, 0.4) is 0 Å². The van der Waals surface area contributed by atoms with E-state index in [1.165, 1.54) is 7.11 Å². The van der Waals surface area contributed by atoms with Crippen LogP contribution in [0.5, 0.6) is 5.75 Å². The molecule has 2 aromatic heterocycles. The minimum atomic E-state index is -0.232. The van der Waals surface area contributed by atoms with Crippen LogP contribution >= 0.6 is 11.6 Å². The van der Waals surface area contributed by atoms with Crippen molar-refractivity contribution in [1.82, 2.24) is 14.8 Å². The van der Waals surface area contributed by atoms with Gasteiger partial charge in [0.15, 0.2) is 0 Å². The summed E-state index contributed by atoms with van der Waals surface area (Å²) in [5.41, 5.74) is 1.18. The lowest BCUT2D eigenvalue weighted by Crippen LogP contribution is -2.19. The molecular weight excluding hydrogens is 332 g/mol. The number of halogens is 1. The van der Waals surface area contributed by atoms with Crippen LogP contribution in [0, 0.1) is 6.92 Å². The SMILES string of the molecule is COc1ccc(Cl)cc1NC(=O)Cn1cccc1-c1nnc(C)o1. The van der Waals surface area contributed by atoms with E-state index in [0.29, 0.717) is 33.9 Å². The average Bonchev–Trinajstić information content (AvgIpc) is 3.16. The highest BCUT2D eigenvalue weighted by Crippen LogP contribution is 2.27. The summed E-state index contributed by atoms with van der Waals surface area (Å²) in [4.78, 5) is 12.4. The lowest BCUT2D eigenvalue weighted by atomic mass is 10.3. The Kier molecular flexibility index (Phi) is 4.52. The normalized spacial score (nSPS) is 10.6. The second-order valence-electron chi connectivity index (χ2n) is 5.04. The van der Waals surface area contributed by atoms with Crippen LogP contribution in [-0.4, -0.2) is 27.8 Å². The lowest BCUT2D eigenvalue weighted by molar-refractivity contribution is -0.116. The van der Waals surface area contributed by atoms with Crippen LogP contribution in [0.25, 0.3) is 11.6 Å². The zero-order chi connectivity index (χ0) is 17.1. The van der Waals surface area contributed by atoms with Gasteiger partial charge in [0, 0.05) is 18.1 Å². The van der Waals surface area contributed by atoms with E-state index >= 15 is 0 Å². The van der Waals surface area contributed by atoms with Gasteiger partial charge in [0.2, 0.25) is 11.8 Å². The number of carbonyl (C=O) groups is 1. The van der Waals surface area contributed by atoms with Crippen molar-refractivity contribution in [2.45, 2.75) is 13.5 Å². The molecule has 0 bridgehead atoms. The van der Waals surface area contributed by atoms with Gasteiger partial charge in [-0.1, -0.05) is 11.6 Å². The topological polar surface area (TPSA) is 82.2 Å². The van der Waals surface area contributed by atoms with Gasteiger partial charge in [-0.25, -0.2) is 0 Å². The van der Waals surface area contributed by atoms with Crippen LogP contribution in [0.1, 0.15) is 5.89 Å². The first-order chi connectivity index (χ1) is 11.6. The van der Waals surface area contributed by atoms with E-state index in [0.717, 1.165) is 0 Å². The molecule has 7 nitrogen and oxygen atoms in total. The number of aryl methyl sites for hydroxylation is 1. The summed E-state index contributed by atoms with van der Waals surface area (Å²) in [7, 11) is 1.53. The number of benzene rings is 1. The Morgan fingerprint density at radius 3 is 2.92 bits per heavy atom. The van der Waals surface area contributed by atoms with Gasteiger partial charge in [-0.3, -0.25) is 4.79 Å². The maximum Gasteiger partial charge on any atom is 0.264 e. The molecule has 0 radical (unpaired) electrons. The van der Waals surface area contributed by atoms with Crippen LogP contribution in [-0.2, 0) is 11.3 Å². The maximum absolute atomic E-state index is 12.4. The standard InChI is InChI=1S/C16H15ClN4O3/c1-10-19-20-16(24-10)13-4-3-7-21(13)9-15(22)18-12-8-11(17)5-6-14(12)23-2/h3-8H,9H2,1-2H3,(H,18,22). The zero-order valence-corrected chi connectivity index (χ0v) is 13.9. The molecule has 0 aliphatic rings. The first kappa shape index (κ1) is 16.1. The summed E-state index contributed by atoms with van der Waals surface area (Å²) in [6.07, 6.45) is 1.77. The molecule has 1 aromatic carbocycles. The van der Waals surface area contributed by atoms with E-state index in [-0.39, 0.29) is 12.5 Å². The smallest absolute Gasteiger partial charge is 0.264 e. The number of carbonyl (C=O) groups excluding carboxylic acids is 1. The fraction of sp³-hybridized carbons (Fsp3) is 0.188. The molecule has 3 aromatic rings. The van der Waals surface area contributed by atoms with Crippen LogP contribution < -0.4 is 10.1 Å². The second-order valence-corrected chi connectivity index (χ2v) is 5.48. The Morgan fingerprint density at radius 2 is 2.21 bits per heavy atom. The molecule has 0 spiro atoms. The van der Waals surface area contributed by atoms with Crippen molar-refractivity contribution in [2.24, 2.45) is 0 Å². The highest BCUT2D eigenvalue weighted by atomic mass is 35.5. The third-order valence-electron chi connectivity index (χ3n) is 3.32. The zero-order valence-electron chi connectivity index (χ0n) is 13.1. The highest BCUT2D eigenvalue weighted by Gasteiger charge is 2.14. The number of ether oxygens (including phenoxy) is 1. The van der Waals surface area contributed by atoms with E-state index in [9.17, 15) is 4.79 Å². The minimum Gasteiger partial charge on any atom is -0.495 e. The minimum absolute atomic E-state index is 0.0828. The summed E-state index contributed by atoms with van der Waals surface area (Å²) in [6, 6.07) is 8.64. The number of methoxy groups -OCH3 is 1. The van der Waals surface area contributed by atoms with Gasteiger partial charge < -0.3 is 19.0 Å². The molecule has 124 valence electrons. The quantitative estimate of drug-likeness (QED) is 0.767. The predicted octanol–water partition coefficient (Wildman–Crippen LogP) is 3.15. The highest BCUT2D eigenvalue weighted by molar-refractivity contribution is 6.31. The largest absolute Gasteiger partial charge is 0.495 e. The number of rotatable bonds is 5. The number of nitrogens with one attached hydrogen (secondary N) is 1. The number of amides is 1. The predicted molar refractivity (Wildman–Crippen MR) is 89.1 cm³/mol. The average molecular weight is 347 g/mol. The van der Waals surface area contributed by atoms with E-state index < -0.39 is 0 Å². The van der Waals surface area contributed by atoms with Crippen LogP contribution in [0.15, 0.2) is 40.9 Å². The molecule has 2 heterocycles. The number of aromatic nitrogens is 3. The van der Waals surface area contributed by atoms with E-state index in [2.05, 4.69) is 15.5 Å². The molecule has 0 aliphatic heterocycles. The van der Waals surface area contributed by atoms with Gasteiger partial charge >= 0.3 is 0 Å². The van der Waals surface area contributed by atoms with Crippen molar-refractivity contribution in [3.63, 3.8) is 0 Å². The molecule has 0 fully saturated rings. The van der Waals surface area contributed by atoms with Crippen LogP contribution in [0.2, 0.25) is 5.02 Å². The molecule has 0 saturated carbocycles. The number of anilines is 1. The van der Waals surface area contributed by atoms with Crippen LogP contribution in [0.4, 0.5) is 5.69 Å². The van der Waals surface area contributed by atoms with E-state index in [1.807, 2.05) is 6.07 Å². The lowest BCUT2D eigenvalue weighted by Gasteiger charge is -2.11. The Bertz CT molecular complexity index is 872. The monoisotopic (exact) mass is 346 g/mol. The Morgan fingerprint density at radius 1 is 1.38 bits per heavy atom. The Hall–Kier alpha value is -2.80. The van der Waals surface area contributed by atoms with Gasteiger partial charge in [0.25, 0.3) is 5.89 Å². The number of hydrogen-bond donors (Lipinski definition) is 1. The molecule has 1 N–H and O–H groups in total. The van der Waals surface area contributed by atoms with Gasteiger partial charge in [-0.05, 0) is 30.3 Å². The molecule has 0 atom stereocenters. The third kappa shape index (κ3) is 3.41. The number of nitrogens with zero attached hydrogens (tertiary/aromatic N) is 3. The first-order valence-electron chi connectivity index (χ1n) is 7.16. The summed E-state index contributed by atoms with van der Waals surface area (Å²) < 4.78 is 12.3. The maximum atomic E-state index is 12.4. The van der Waals surface area contributed by atoms with Crippen molar-refractivity contribution in [1.29, 1.82) is 0 Å². The van der Waals surface area contributed by atoms with Gasteiger partial charge in [0.1, 0.15) is 18.0 Å². The van der Waals surface area contributed by atoms with Gasteiger partial charge in [0.05, 0.1) is 12.8 Å². The molecule has 8 heteroatoms. The fourth-order valence-corrected chi connectivity index (χ4v) is 2.44. The van der Waals surface area contributed by atoms with Crippen molar-refractivity contribution in [3.8, 4) is 17.3 Å². The summed E-state index contributed by atoms with van der Waals surface area (Å²) in [6.45, 7) is 1.79. The van der Waals surface area contributed by atoms with Crippen molar-refractivity contribution < 1.29 is 13.9 Å². The molecule has 3 rings (SSSR count). The first-order valence-corrected chi connectivity index (χ1v) is 7.53. The fourth-order valence-electron chi connectivity index (χ4n) is 2.27. The molecule has 0 aliphatic carbocycles. The van der Waals surface area contributed by atoms with E-state index in [4.69, 9.17) is 20.8 Å². The summed E-state index contributed by atoms with van der Waals surface area (Å²) >= 11 is 5.97. The molecule has 0 saturated heterocycles. The molecular formula is C16H15ClN4O3. The van der Waals surface area contributed by atoms with Gasteiger partial charge in [-0.2, -0.15) is 0 Å². The Labute approximate surface area is 143 Å². The molecule has 1 amide bonds. The van der Waals surface area contributed by atoms with Crippen molar-refractivity contribution in [3.05, 3.63) is 47.4 Å². The van der Waals surface area contributed by atoms with Crippen molar-refractivity contribution >= 4 is 23.2 Å². The van der Waals surface area contributed by atoms with Gasteiger partial charge in [-0.15, -0.1) is 10.2 Å². The molecule has 0 unspecified atom stereocenters.